The second kappa shape index (κ2) is 4.63. The van der Waals surface area contributed by atoms with E-state index in [-0.39, 0.29) is 18.3 Å². The Bertz CT molecular complexity index is 508. The van der Waals surface area contributed by atoms with Crippen LogP contribution < -0.4 is 0 Å². The lowest BCUT2D eigenvalue weighted by Crippen LogP contribution is -2.06. The third-order valence-electron chi connectivity index (χ3n) is 1.70. The van der Waals surface area contributed by atoms with Gasteiger partial charge in [0.15, 0.2) is 0 Å². The number of hydrogen-bond acceptors (Lipinski definition) is 6. The molecule has 0 aromatic carbocycles. The Kier molecular flexibility index (Phi) is 3.21. The zero-order valence-electron chi connectivity index (χ0n) is 8.27. The molecule has 84 valence electrons. The molecule has 0 aliphatic rings. The highest BCUT2D eigenvalue weighted by atomic mass is 35.5. The molecular formula is C9H7ClN2O3S. The Labute approximate surface area is 100.0 Å². The van der Waals surface area contributed by atoms with Crippen LogP contribution in [-0.4, -0.2) is 22.7 Å². The Balaban J connectivity index is 2.22. The predicted octanol–water partition coefficient (Wildman–Crippen LogP) is 2.63. The van der Waals surface area contributed by atoms with Gasteiger partial charge in [0.25, 0.3) is 11.7 Å². The number of carbonyl (C=O) groups excluding carboxylic acids is 1. The molecule has 7 heteroatoms. The SMILES string of the molecule is CCOC(=O)c1noc(-c2csc(Cl)c2)n1. The quantitative estimate of drug-likeness (QED) is 0.792. The molecule has 0 saturated heterocycles. The van der Waals surface area contributed by atoms with E-state index in [1.165, 1.54) is 11.3 Å². The first kappa shape index (κ1) is 11.1. The van der Waals surface area contributed by atoms with Gasteiger partial charge < -0.3 is 9.26 Å². The third kappa shape index (κ3) is 2.23. The maximum Gasteiger partial charge on any atom is 0.379 e. The van der Waals surface area contributed by atoms with E-state index >= 15 is 0 Å². The Morgan fingerprint density at radius 3 is 3.12 bits per heavy atom. The second-order valence-corrected chi connectivity index (χ2v) is 4.33. The molecule has 0 N–H and O–H groups in total. The number of halogens is 1. The lowest BCUT2D eigenvalue weighted by atomic mass is 10.3. The van der Waals surface area contributed by atoms with Crippen LogP contribution in [-0.2, 0) is 4.74 Å². The van der Waals surface area contributed by atoms with E-state index in [2.05, 4.69) is 10.1 Å². The third-order valence-corrected chi connectivity index (χ3v) is 2.79. The summed E-state index contributed by atoms with van der Waals surface area (Å²) in [4.78, 5) is 15.2. The van der Waals surface area contributed by atoms with Crippen LogP contribution in [0.5, 0.6) is 0 Å². The minimum Gasteiger partial charge on any atom is -0.460 e. The minimum absolute atomic E-state index is 0.0841. The number of rotatable bonds is 3. The van der Waals surface area contributed by atoms with E-state index in [4.69, 9.17) is 20.9 Å². The van der Waals surface area contributed by atoms with Crippen molar-refractivity contribution in [3.8, 4) is 11.5 Å². The van der Waals surface area contributed by atoms with E-state index in [1.54, 1.807) is 18.4 Å². The van der Waals surface area contributed by atoms with Crippen LogP contribution in [0.2, 0.25) is 4.34 Å². The number of nitrogens with zero attached hydrogens (tertiary/aromatic N) is 2. The summed E-state index contributed by atoms with van der Waals surface area (Å²) < 4.78 is 10.3. The Morgan fingerprint density at radius 2 is 2.50 bits per heavy atom. The van der Waals surface area contributed by atoms with Crippen molar-refractivity contribution < 1.29 is 14.1 Å². The monoisotopic (exact) mass is 258 g/mol. The van der Waals surface area contributed by atoms with Crippen molar-refractivity contribution in [3.05, 3.63) is 21.6 Å². The van der Waals surface area contributed by atoms with Crippen molar-refractivity contribution in [1.29, 1.82) is 0 Å². The summed E-state index contributed by atoms with van der Waals surface area (Å²) in [6.07, 6.45) is 0. The first-order chi connectivity index (χ1) is 7.70. The average Bonchev–Trinajstić information content (AvgIpc) is 2.85. The summed E-state index contributed by atoms with van der Waals surface area (Å²) >= 11 is 7.12. The number of hydrogen-bond donors (Lipinski definition) is 0. The summed E-state index contributed by atoms with van der Waals surface area (Å²) in [6.45, 7) is 1.98. The van der Waals surface area contributed by atoms with Crippen molar-refractivity contribution >= 4 is 28.9 Å². The van der Waals surface area contributed by atoms with Gasteiger partial charge in [-0.05, 0) is 18.1 Å². The summed E-state index contributed by atoms with van der Waals surface area (Å²) in [5, 5.41) is 5.29. The van der Waals surface area contributed by atoms with Crippen LogP contribution in [0.3, 0.4) is 0 Å². The molecule has 0 atom stereocenters. The summed E-state index contributed by atoms with van der Waals surface area (Å²) in [6, 6.07) is 1.69. The zero-order chi connectivity index (χ0) is 11.5. The van der Waals surface area contributed by atoms with Gasteiger partial charge in [-0.25, -0.2) is 4.79 Å². The molecule has 0 amide bonds. The largest absolute Gasteiger partial charge is 0.460 e. The lowest BCUT2D eigenvalue weighted by Gasteiger charge is -1.93. The highest BCUT2D eigenvalue weighted by molar-refractivity contribution is 7.14. The Hall–Kier alpha value is -1.40. The molecule has 2 rings (SSSR count). The topological polar surface area (TPSA) is 65.2 Å². The molecule has 0 bridgehead atoms. The van der Waals surface area contributed by atoms with E-state index in [9.17, 15) is 4.79 Å². The molecule has 16 heavy (non-hydrogen) atoms. The fraction of sp³-hybridized carbons (Fsp3) is 0.222. The van der Waals surface area contributed by atoms with Gasteiger partial charge in [-0.15, -0.1) is 11.3 Å². The molecule has 0 fully saturated rings. The van der Waals surface area contributed by atoms with Crippen LogP contribution in [0.4, 0.5) is 0 Å². The van der Waals surface area contributed by atoms with E-state index in [1.807, 2.05) is 0 Å². The summed E-state index contributed by atoms with van der Waals surface area (Å²) in [5.74, 6) is -0.427. The van der Waals surface area contributed by atoms with Gasteiger partial charge in [0.2, 0.25) is 0 Å². The van der Waals surface area contributed by atoms with Crippen LogP contribution in [0.1, 0.15) is 17.5 Å². The number of aromatic nitrogens is 2. The number of carbonyl (C=O) groups is 1. The molecule has 0 aliphatic carbocycles. The van der Waals surface area contributed by atoms with E-state index in [0.29, 0.717) is 9.90 Å². The standard InChI is InChI=1S/C9H7ClN2O3S/c1-2-14-9(13)7-11-8(15-12-7)5-3-6(10)16-4-5/h3-4H,2H2,1H3. The summed E-state index contributed by atoms with van der Waals surface area (Å²) in [7, 11) is 0. The van der Waals surface area contributed by atoms with Gasteiger partial charge in [0.05, 0.1) is 16.5 Å². The molecule has 5 nitrogen and oxygen atoms in total. The highest BCUT2D eigenvalue weighted by Gasteiger charge is 2.17. The van der Waals surface area contributed by atoms with Crippen molar-refractivity contribution in [3.63, 3.8) is 0 Å². The lowest BCUT2D eigenvalue weighted by molar-refractivity contribution is 0.0508. The average molecular weight is 259 g/mol. The first-order valence-corrected chi connectivity index (χ1v) is 5.71. The van der Waals surface area contributed by atoms with E-state index in [0.717, 1.165) is 0 Å². The molecule has 2 heterocycles. The van der Waals surface area contributed by atoms with Gasteiger partial charge in [-0.2, -0.15) is 4.98 Å². The number of esters is 1. The van der Waals surface area contributed by atoms with Crippen LogP contribution in [0, 0.1) is 0 Å². The van der Waals surface area contributed by atoms with Crippen LogP contribution in [0.25, 0.3) is 11.5 Å². The van der Waals surface area contributed by atoms with E-state index < -0.39 is 5.97 Å². The second-order valence-electron chi connectivity index (χ2n) is 2.78. The van der Waals surface area contributed by atoms with Gasteiger partial charge in [0, 0.05) is 5.38 Å². The fourth-order valence-electron chi connectivity index (χ4n) is 1.04. The van der Waals surface area contributed by atoms with Crippen molar-refractivity contribution in [2.45, 2.75) is 6.92 Å². The maximum atomic E-state index is 11.3. The normalized spacial score (nSPS) is 10.4. The van der Waals surface area contributed by atoms with Gasteiger partial charge in [-0.3, -0.25) is 0 Å². The summed E-state index contributed by atoms with van der Waals surface area (Å²) in [5.41, 5.74) is 0.693. The van der Waals surface area contributed by atoms with Gasteiger partial charge in [0.1, 0.15) is 0 Å². The van der Waals surface area contributed by atoms with Crippen LogP contribution in [0.15, 0.2) is 16.0 Å². The molecule has 0 aliphatic heterocycles. The van der Waals surface area contributed by atoms with Crippen molar-refractivity contribution in [1.82, 2.24) is 10.1 Å². The minimum atomic E-state index is -0.598. The molecule has 0 spiro atoms. The predicted molar refractivity (Wildman–Crippen MR) is 58.6 cm³/mol. The van der Waals surface area contributed by atoms with Crippen molar-refractivity contribution in [2.75, 3.05) is 6.61 Å². The van der Waals surface area contributed by atoms with Crippen LogP contribution >= 0.6 is 22.9 Å². The highest BCUT2D eigenvalue weighted by Crippen LogP contribution is 2.27. The number of thiophene rings is 1. The first-order valence-electron chi connectivity index (χ1n) is 4.46. The smallest absolute Gasteiger partial charge is 0.379 e. The molecule has 2 aromatic heterocycles. The van der Waals surface area contributed by atoms with Crippen molar-refractivity contribution in [2.24, 2.45) is 0 Å². The van der Waals surface area contributed by atoms with Gasteiger partial charge in [-0.1, -0.05) is 11.6 Å². The van der Waals surface area contributed by atoms with Gasteiger partial charge >= 0.3 is 5.97 Å². The molecular weight excluding hydrogens is 252 g/mol. The maximum absolute atomic E-state index is 11.3. The fourth-order valence-corrected chi connectivity index (χ4v) is 1.90. The molecule has 0 radical (unpaired) electrons. The Morgan fingerprint density at radius 1 is 1.69 bits per heavy atom. The molecule has 0 saturated carbocycles. The molecule has 2 aromatic rings. The zero-order valence-corrected chi connectivity index (χ0v) is 9.84. The molecule has 0 unspecified atom stereocenters. The number of ether oxygens (including phenoxy) is 1.